The topological polar surface area (TPSA) is 96.5 Å². The number of nitriles is 1. The molecule has 0 radical (unpaired) electrons. The summed E-state index contributed by atoms with van der Waals surface area (Å²) in [4.78, 5) is 16.8. The van der Waals surface area contributed by atoms with Crippen LogP contribution in [0.5, 0.6) is 0 Å². The van der Waals surface area contributed by atoms with E-state index in [4.69, 9.17) is 5.26 Å². The van der Waals surface area contributed by atoms with Gasteiger partial charge in [0.05, 0.1) is 10.2 Å². The summed E-state index contributed by atoms with van der Waals surface area (Å²) in [6.45, 7) is 2.05. The van der Waals surface area contributed by atoms with Gasteiger partial charge < -0.3 is 5.32 Å². The molecule has 2 aromatic carbocycles. The average molecular weight is 374 g/mol. The molecular formula is C19H14N6OS. The number of hydrogen-bond acceptors (Lipinski definition) is 6. The van der Waals surface area contributed by atoms with Crippen molar-refractivity contribution >= 4 is 33.1 Å². The third kappa shape index (κ3) is 3.54. The lowest BCUT2D eigenvalue weighted by molar-refractivity contribution is -0.116. The molecule has 0 bridgehead atoms. The molecule has 0 aliphatic heterocycles. The highest BCUT2D eigenvalue weighted by Crippen LogP contribution is 2.31. The summed E-state index contributed by atoms with van der Waals surface area (Å²) in [5, 5.41) is 19.9. The van der Waals surface area contributed by atoms with Crippen molar-refractivity contribution in [2.75, 3.05) is 5.32 Å². The molecule has 0 unspecified atom stereocenters. The van der Waals surface area contributed by atoms with Crippen molar-refractivity contribution in [3.05, 3.63) is 60.2 Å². The molecule has 2 heterocycles. The highest BCUT2D eigenvalue weighted by atomic mass is 32.1. The van der Waals surface area contributed by atoms with Crippen LogP contribution in [0.2, 0.25) is 0 Å². The molecule has 0 saturated carbocycles. The fraction of sp³-hybridized carbons (Fsp3) is 0.105. The minimum Gasteiger partial charge on any atom is -0.325 e. The van der Waals surface area contributed by atoms with Gasteiger partial charge in [0, 0.05) is 11.3 Å². The summed E-state index contributed by atoms with van der Waals surface area (Å²) in [6.07, 6.45) is 1.36. The third-order valence-electron chi connectivity index (χ3n) is 3.99. The quantitative estimate of drug-likeness (QED) is 0.591. The van der Waals surface area contributed by atoms with E-state index < -0.39 is 0 Å². The van der Waals surface area contributed by atoms with Crippen LogP contribution in [0.4, 0.5) is 5.69 Å². The largest absolute Gasteiger partial charge is 0.325 e. The van der Waals surface area contributed by atoms with Crippen LogP contribution in [0.3, 0.4) is 0 Å². The molecule has 0 aliphatic rings. The van der Waals surface area contributed by atoms with Gasteiger partial charge in [-0.1, -0.05) is 6.07 Å². The van der Waals surface area contributed by atoms with Gasteiger partial charge in [0.2, 0.25) is 11.7 Å². The molecule has 0 spiro atoms. The number of rotatable bonds is 4. The van der Waals surface area contributed by atoms with Crippen LogP contribution in [-0.2, 0) is 11.3 Å². The van der Waals surface area contributed by atoms with E-state index in [0.29, 0.717) is 5.69 Å². The van der Waals surface area contributed by atoms with E-state index in [1.54, 1.807) is 11.3 Å². The Kier molecular flexibility index (Phi) is 4.36. The molecule has 132 valence electrons. The molecule has 7 nitrogen and oxygen atoms in total. The first-order valence-corrected chi connectivity index (χ1v) is 8.99. The predicted octanol–water partition coefficient (Wildman–Crippen LogP) is 3.37. The zero-order valence-corrected chi connectivity index (χ0v) is 15.2. The number of nitrogens with one attached hydrogen (secondary N) is 1. The first-order valence-electron chi connectivity index (χ1n) is 8.18. The Morgan fingerprint density at radius 2 is 2.07 bits per heavy atom. The number of aromatic nitrogens is 4. The fourth-order valence-electron chi connectivity index (χ4n) is 2.66. The Bertz CT molecular complexity index is 1170. The molecule has 1 N–H and O–H groups in total. The molecule has 0 atom stereocenters. The molecule has 4 rings (SSSR count). The maximum absolute atomic E-state index is 12.1. The number of anilines is 1. The smallest absolute Gasteiger partial charge is 0.244 e. The number of carbonyl (C=O) groups is 1. The Morgan fingerprint density at radius 1 is 1.26 bits per heavy atom. The van der Waals surface area contributed by atoms with Crippen LogP contribution in [0.25, 0.3) is 20.8 Å². The van der Waals surface area contributed by atoms with Gasteiger partial charge in [0.1, 0.15) is 23.9 Å². The summed E-state index contributed by atoms with van der Waals surface area (Å²) in [5.74, 6) is -0.152. The van der Waals surface area contributed by atoms with E-state index in [0.717, 1.165) is 20.8 Å². The molecule has 2 aromatic heterocycles. The van der Waals surface area contributed by atoms with Gasteiger partial charge in [-0.25, -0.2) is 4.98 Å². The van der Waals surface area contributed by atoms with Crippen LogP contribution in [0.15, 0.2) is 48.8 Å². The van der Waals surface area contributed by atoms with Crippen molar-refractivity contribution in [3.63, 3.8) is 0 Å². The van der Waals surface area contributed by atoms with Gasteiger partial charge in [-0.2, -0.15) is 5.26 Å². The Balaban J connectivity index is 1.48. The monoisotopic (exact) mass is 374 g/mol. The highest BCUT2D eigenvalue weighted by molar-refractivity contribution is 7.21. The average Bonchev–Trinajstić information content (AvgIpc) is 3.28. The van der Waals surface area contributed by atoms with Gasteiger partial charge in [-0.15, -0.1) is 21.5 Å². The molecule has 0 aliphatic carbocycles. The zero-order chi connectivity index (χ0) is 18.8. The maximum atomic E-state index is 12.1. The van der Waals surface area contributed by atoms with Crippen molar-refractivity contribution in [1.82, 2.24) is 19.7 Å². The molecule has 27 heavy (non-hydrogen) atoms. The summed E-state index contributed by atoms with van der Waals surface area (Å²) in [5.41, 5.74) is 3.87. The highest BCUT2D eigenvalue weighted by Gasteiger charge is 2.10. The zero-order valence-electron chi connectivity index (χ0n) is 14.4. The lowest BCUT2D eigenvalue weighted by Gasteiger charge is -2.06. The fourth-order valence-corrected chi connectivity index (χ4v) is 3.73. The normalized spacial score (nSPS) is 10.7. The van der Waals surface area contributed by atoms with Gasteiger partial charge in [0.25, 0.3) is 0 Å². The van der Waals surface area contributed by atoms with Crippen molar-refractivity contribution in [2.24, 2.45) is 0 Å². The second kappa shape index (κ2) is 6.97. The molecule has 4 aromatic rings. The SMILES string of the molecule is Cc1ccc2nc(-c3ccc(NC(=O)Cn4cnnc4C#N)cc3)sc2c1. The standard InChI is InChI=1S/C19H14N6OS/c1-12-2-7-15-16(8-12)27-19(23-15)13-3-5-14(6-4-13)22-18(26)10-25-11-21-24-17(25)9-20/h2-8,11H,10H2,1H3,(H,22,26). The first-order chi connectivity index (χ1) is 13.1. The van der Waals surface area contributed by atoms with Crippen LogP contribution in [-0.4, -0.2) is 25.7 Å². The molecule has 8 heteroatoms. The minimum atomic E-state index is -0.255. The molecule has 0 saturated heterocycles. The number of hydrogen-bond donors (Lipinski definition) is 1. The van der Waals surface area contributed by atoms with Gasteiger partial charge >= 0.3 is 0 Å². The number of amides is 1. The Morgan fingerprint density at radius 3 is 2.85 bits per heavy atom. The van der Waals surface area contributed by atoms with E-state index >= 15 is 0 Å². The number of benzene rings is 2. The summed E-state index contributed by atoms with van der Waals surface area (Å²) >= 11 is 1.64. The van der Waals surface area contributed by atoms with Crippen LogP contribution in [0.1, 0.15) is 11.4 Å². The van der Waals surface area contributed by atoms with E-state index in [1.807, 2.05) is 36.4 Å². The van der Waals surface area contributed by atoms with Crippen molar-refractivity contribution < 1.29 is 4.79 Å². The maximum Gasteiger partial charge on any atom is 0.244 e. The summed E-state index contributed by atoms with van der Waals surface area (Å²) < 4.78 is 2.55. The number of nitrogens with zero attached hydrogens (tertiary/aromatic N) is 5. The van der Waals surface area contributed by atoms with Crippen LogP contribution < -0.4 is 5.32 Å². The van der Waals surface area contributed by atoms with Crippen molar-refractivity contribution in [3.8, 4) is 16.6 Å². The second-order valence-corrected chi connectivity index (χ2v) is 7.04. The summed E-state index contributed by atoms with van der Waals surface area (Å²) in [7, 11) is 0. The Labute approximate surface area is 158 Å². The van der Waals surface area contributed by atoms with Crippen molar-refractivity contribution in [1.29, 1.82) is 5.26 Å². The van der Waals surface area contributed by atoms with E-state index in [-0.39, 0.29) is 18.3 Å². The second-order valence-electron chi connectivity index (χ2n) is 6.01. The number of carbonyl (C=O) groups excluding carboxylic acids is 1. The van der Waals surface area contributed by atoms with E-state index in [1.165, 1.54) is 16.5 Å². The summed E-state index contributed by atoms with van der Waals surface area (Å²) in [6, 6.07) is 15.6. The molecule has 1 amide bonds. The lowest BCUT2D eigenvalue weighted by Crippen LogP contribution is -2.19. The van der Waals surface area contributed by atoms with E-state index in [9.17, 15) is 4.79 Å². The first kappa shape index (κ1) is 16.9. The predicted molar refractivity (Wildman–Crippen MR) is 103 cm³/mol. The number of thiazole rings is 1. The molecule has 0 fully saturated rings. The lowest BCUT2D eigenvalue weighted by atomic mass is 10.2. The van der Waals surface area contributed by atoms with Gasteiger partial charge in [-0.3, -0.25) is 9.36 Å². The van der Waals surface area contributed by atoms with Crippen LogP contribution >= 0.6 is 11.3 Å². The third-order valence-corrected chi connectivity index (χ3v) is 5.06. The van der Waals surface area contributed by atoms with Gasteiger partial charge in [-0.05, 0) is 48.9 Å². The van der Waals surface area contributed by atoms with Crippen LogP contribution in [0, 0.1) is 18.3 Å². The van der Waals surface area contributed by atoms with E-state index in [2.05, 4.69) is 39.6 Å². The minimum absolute atomic E-state index is 0.0190. The van der Waals surface area contributed by atoms with Gasteiger partial charge in [0.15, 0.2) is 0 Å². The van der Waals surface area contributed by atoms with Crippen molar-refractivity contribution in [2.45, 2.75) is 13.5 Å². The number of aryl methyl sites for hydroxylation is 1. The molecular weight excluding hydrogens is 360 g/mol. The Hall–Kier alpha value is -3.57. The number of fused-ring (bicyclic) bond motifs is 1.